The van der Waals surface area contributed by atoms with Gasteiger partial charge < -0.3 is 9.67 Å². The van der Waals surface area contributed by atoms with Crippen LogP contribution in [0, 0.1) is 5.92 Å². The number of aromatic nitrogens is 3. The Morgan fingerprint density at radius 2 is 2.29 bits per heavy atom. The number of carboxylic acid groups (broad SMARTS) is 1. The number of allylic oxidation sites excluding steroid dienone is 2. The van der Waals surface area contributed by atoms with Crippen molar-refractivity contribution < 1.29 is 9.90 Å². The third kappa shape index (κ3) is 2.38. The molecule has 0 saturated carbocycles. The highest BCUT2D eigenvalue weighted by Crippen LogP contribution is 2.33. The molecule has 2 rings (SSSR count). The van der Waals surface area contributed by atoms with Gasteiger partial charge >= 0.3 is 5.97 Å². The number of aryl methyl sites for hydroxylation is 1. The van der Waals surface area contributed by atoms with E-state index < -0.39 is 5.97 Å². The summed E-state index contributed by atoms with van der Waals surface area (Å²) in [6.07, 6.45) is 7.98. The van der Waals surface area contributed by atoms with Crippen LogP contribution in [0.4, 0.5) is 0 Å². The van der Waals surface area contributed by atoms with Gasteiger partial charge in [0.1, 0.15) is 12.2 Å². The maximum Gasteiger partial charge on any atom is 0.307 e. The Morgan fingerprint density at radius 3 is 3.00 bits per heavy atom. The average molecular weight is 235 g/mol. The molecule has 0 unspecified atom stereocenters. The number of hydrogen-bond donors (Lipinski definition) is 1. The fraction of sp³-hybridized carbons (Fsp3) is 0.583. The summed E-state index contributed by atoms with van der Waals surface area (Å²) >= 11 is 0. The maximum atomic E-state index is 11.2. The number of rotatable bonds is 4. The largest absolute Gasteiger partial charge is 0.481 e. The Kier molecular flexibility index (Phi) is 3.56. The molecule has 1 N–H and O–H groups in total. The molecule has 0 fully saturated rings. The Balaban J connectivity index is 2.27. The summed E-state index contributed by atoms with van der Waals surface area (Å²) in [7, 11) is 0. The van der Waals surface area contributed by atoms with Gasteiger partial charge in [-0.3, -0.25) is 4.79 Å². The van der Waals surface area contributed by atoms with Crippen molar-refractivity contribution in [1.82, 2.24) is 14.8 Å². The second kappa shape index (κ2) is 5.12. The molecule has 1 aromatic heterocycles. The van der Waals surface area contributed by atoms with E-state index in [4.69, 9.17) is 0 Å². The van der Waals surface area contributed by atoms with Crippen LogP contribution in [0.1, 0.15) is 37.9 Å². The number of carboxylic acids is 1. The SMILES string of the molecule is CCCn1cnnc1[C@@H]1CC=CC[C@@H]1C(=O)O. The molecule has 1 aliphatic carbocycles. The van der Waals surface area contributed by atoms with Crippen molar-refractivity contribution in [1.29, 1.82) is 0 Å². The summed E-state index contributed by atoms with van der Waals surface area (Å²) in [5.41, 5.74) is 0. The zero-order valence-corrected chi connectivity index (χ0v) is 9.91. The van der Waals surface area contributed by atoms with Gasteiger partial charge in [-0.1, -0.05) is 19.1 Å². The third-order valence-electron chi connectivity index (χ3n) is 3.19. The molecule has 2 atom stereocenters. The topological polar surface area (TPSA) is 68.0 Å². The molecule has 0 radical (unpaired) electrons. The van der Waals surface area contributed by atoms with Crippen LogP contribution in [0.15, 0.2) is 18.5 Å². The normalized spacial score (nSPS) is 23.8. The van der Waals surface area contributed by atoms with E-state index in [1.54, 1.807) is 6.33 Å². The molecule has 5 heteroatoms. The standard InChI is InChI=1S/C12H17N3O2/c1-2-7-15-8-13-14-11(15)9-5-3-4-6-10(9)12(16)17/h3-4,8-10H,2,5-7H2,1H3,(H,16,17)/t9-,10+/m1/s1. The molecule has 0 aromatic carbocycles. The number of nitrogens with zero attached hydrogens (tertiary/aromatic N) is 3. The van der Waals surface area contributed by atoms with E-state index in [-0.39, 0.29) is 11.8 Å². The van der Waals surface area contributed by atoms with Gasteiger partial charge in [-0.25, -0.2) is 0 Å². The van der Waals surface area contributed by atoms with Crippen molar-refractivity contribution in [2.45, 2.75) is 38.6 Å². The molecule has 1 aliphatic rings. The predicted octanol–water partition coefficient (Wildman–Crippen LogP) is 1.82. The quantitative estimate of drug-likeness (QED) is 0.808. The van der Waals surface area contributed by atoms with Crippen LogP contribution in [0.5, 0.6) is 0 Å². The van der Waals surface area contributed by atoms with E-state index in [0.717, 1.165) is 25.2 Å². The first-order valence-electron chi connectivity index (χ1n) is 5.99. The Morgan fingerprint density at radius 1 is 1.53 bits per heavy atom. The van der Waals surface area contributed by atoms with E-state index in [2.05, 4.69) is 17.1 Å². The van der Waals surface area contributed by atoms with Crippen LogP contribution in [0.2, 0.25) is 0 Å². The average Bonchev–Trinajstić information content (AvgIpc) is 2.77. The molecule has 92 valence electrons. The minimum Gasteiger partial charge on any atom is -0.481 e. The zero-order valence-electron chi connectivity index (χ0n) is 9.91. The highest BCUT2D eigenvalue weighted by atomic mass is 16.4. The van der Waals surface area contributed by atoms with E-state index in [9.17, 15) is 9.90 Å². The first kappa shape index (κ1) is 11.8. The van der Waals surface area contributed by atoms with Crippen LogP contribution in [0.3, 0.4) is 0 Å². The fourth-order valence-electron chi connectivity index (χ4n) is 2.34. The van der Waals surface area contributed by atoms with Crippen LogP contribution < -0.4 is 0 Å². The van der Waals surface area contributed by atoms with Gasteiger partial charge in [0.25, 0.3) is 0 Å². The van der Waals surface area contributed by atoms with E-state index in [1.807, 2.05) is 16.7 Å². The molecule has 0 spiro atoms. The van der Waals surface area contributed by atoms with E-state index in [0.29, 0.717) is 6.42 Å². The summed E-state index contributed by atoms with van der Waals surface area (Å²) in [4.78, 5) is 11.2. The lowest BCUT2D eigenvalue weighted by Crippen LogP contribution is -2.26. The lowest BCUT2D eigenvalue weighted by atomic mass is 9.82. The first-order chi connectivity index (χ1) is 8.24. The van der Waals surface area contributed by atoms with Gasteiger partial charge in [-0.05, 0) is 19.3 Å². The van der Waals surface area contributed by atoms with Gasteiger partial charge in [0.2, 0.25) is 0 Å². The van der Waals surface area contributed by atoms with Crippen LogP contribution in [0.25, 0.3) is 0 Å². The van der Waals surface area contributed by atoms with Crippen LogP contribution >= 0.6 is 0 Å². The van der Waals surface area contributed by atoms with Crippen LogP contribution in [-0.2, 0) is 11.3 Å². The fourth-order valence-corrected chi connectivity index (χ4v) is 2.34. The highest BCUT2D eigenvalue weighted by molar-refractivity contribution is 5.71. The van der Waals surface area contributed by atoms with Gasteiger partial charge in [-0.2, -0.15) is 0 Å². The second-order valence-electron chi connectivity index (χ2n) is 4.38. The van der Waals surface area contributed by atoms with Gasteiger partial charge in [-0.15, -0.1) is 10.2 Å². The highest BCUT2D eigenvalue weighted by Gasteiger charge is 2.32. The molecule has 17 heavy (non-hydrogen) atoms. The van der Waals surface area contributed by atoms with Gasteiger partial charge in [0, 0.05) is 12.5 Å². The van der Waals surface area contributed by atoms with E-state index in [1.165, 1.54) is 0 Å². The molecular formula is C12H17N3O2. The summed E-state index contributed by atoms with van der Waals surface area (Å²) in [5.74, 6) is -0.361. The first-order valence-corrected chi connectivity index (χ1v) is 5.99. The summed E-state index contributed by atoms with van der Waals surface area (Å²) in [5, 5.41) is 17.2. The molecule has 0 bridgehead atoms. The molecule has 1 aromatic rings. The number of hydrogen-bond acceptors (Lipinski definition) is 3. The molecule has 0 amide bonds. The maximum absolute atomic E-state index is 11.2. The summed E-state index contributed by atoms with van der Waals surface area (Å²) < 4.78 is 1.97. The number of carbonyl (C=O) groups is 1. The van der Waals surface area contributed by atoms with Crippen molar-refractivity contribution in [3.63, 3.8) is 0 Å². The lowest BCUT2D eigenvalue weighted by molar-refractivity contribution is -0.142. The van der Waals surface area contributed by atoms with Crippen molar-refractivity contribution in [2.75, 3.05) is 0 Å². The smallest absolute Gasteiger partial charge is 0.307 e. The van der Waals surface area contributed by atoms with Crippen molar-refractivity contribution in [3.05, 3.63) is 24.3 Å². The molecule has 0 aliphatic heterocycles. The Bertz CT molecular complexity index is 425. The lowest BCUT2D eigenvalue weighted by Gasteiger charge is -2.24. The van der Waals surface area contributed by atoms with Crippen molar-refractivity contribution in [3.8, 4) is 0 Å². The Labute approximate surface area is 100 Å². The third-order valence-corrected chi connectivity index (χ3v) is 3.19. The minimum absolute atomic E-state index is 0.0495. The number of aliphatic carboxylic acids is 1. The van der Waals surface area contributed by atoms with Crippen LogP contribution in [-0.4, -0.2) is 25.8 Å². The molecular weight excluding hydrogens is 218 g/mol. The Hall–Kier alpha value is -1.65. The van der Waals surface area contributed by atoms with Crippen molar-refractivity contribution >= 4 is 5.97 Å². The minimum atomic E-state index is -0.745. The molecule has 5 nitrogen and oxygen atoms in total. The van der Waals surface area contributed by atoms with Crippen molar-refractivity contribution in [2.24, 2.45) is 5.92 Å². The summed E-state index contributed by atoms with van der Waals surface area (Å²) in [6, 6.07) is 0. The van der Waals surface area contributed by atoms with Gasteiger partial charge in [0.15, 0.2) is 0 Å². The molecule has 0 saturated heterocycles. The van der Waals surface area contributed by atoms with E-state index >= 15 is 0 Å². The van der Waals surface area contributed by atoms with Gasteiger partial charge in [0.05, 0.1) is 5.92 Å². The predicted molar refractivity (Wildman–Crippen MR) is 62.6 cm³/mol. The second-order valence-corrected chi connectivity index (χ2v) is 4.38. The molecule has 1 heterocycles. The summed E-state index contributed by atoms with van der Waals surface area (Å²) in [6.45, 7) is 2.92. The monoisotopic (exact) mass is 235 g/mol. The zero-order chi connectivity index (χ0) is 12.3.